The highest BCUT2D eigenvalue weighted by Crippen LogP contribution is 2.27. The van der Waals surface area contributed by atoms with Crippen LogP contribution in [0.1, 0.15) is 67.2 Å². The van der Waals surface area contributed by atoms with Crippen molar-refractivity contribution in [1.82, 2.24) is 14.5 Å². The second-order valence-electron chi connectivity index (χ2n) is 9.15. The van der Waals surface area contributed by atoms with Crippen molar-refractivity contribution in [2.75, 3.05) is 0 Å². The third kappa shape index (κ3) is 5.38. The molecule has 0 bridgehead atoms. The minimum Gasteiger partial charge on any atom is -0.493 e. The summed E-state index contributed by atoms with van der Waals surface area (Å²) in [6.07, 6.45) is 6.77. The van der Waals surface area contributed by atoms with E-state index in [4.69, 9.17) is 0 Å². The number of hydrogen-bond donors (Lipinski definition) is 1. The summed E-state index contributed by atoms with van der Waals surface area (Å²) < 4.78 is 15.7. The van der Waals surface area contributed by atoms with Crippen LogP contribution >= 0.6 is 0 Å². The fraction of sp³-hybridized carbons (Fsp3) is 0.300. The molecule has 2 aromatic carbocycles. The topological polar surface area (TPSA) is 68.0 Å². The summed E-state index contributed by atoms with van der Waals surface area (Å²) in [6.45, 7) is 6.06. The number of hydrogen-bond acceptors (Lipinski definition) is 4. The van der Waals surface area contributed by atoms with Gasteiger partial charge in [-0.3, -0.25) is 14.3 Å². The zero-order chi connectivity index (χ0) is 25.7. The SMILES string of the molecule is CCCCc1nc(O)c(Cc2ccc(-c3ccncc3C)cc2)c(=O)n1C(CC)c1cccc(F)c1. The predicted octanol–water partition coefficient (Wildman–Crippen LogP) is 6.39. The van der Waals surface area contributed by atoms with Crippen molar-refractivity contribution >= 4 is 0 Å². The highest BCUT2D eigenvalue weighted by atomic mass is 19.1. The van der Waals surface area contributed by atoms with E-state index in [1.165, 1.54) is 12.1 Å². The number of aryl methyl sites for hydroxylation is 2. The fourth-order valence-electron chi connectivity index (χ4n) is 4.67. The van der Waals surface area contributed by atoms with E-state index in [1.54, 1.807) is 16.8 Å². The lowest BCUT2D eigenvalue weighted by molar-refractivity contribution is 0.420. The average Bonchev–Trinajstić information content (AvgIpc) is 2.88. The molecular formula is C30H32FN3O2. The van der Waals surface area contributed by atoms with E-state index in [0.29, 0.717) is 24.2 Å². The molecule has 4 rings (SSSR count). The van der Waals surface area contributed by atoms with Gasteiger partial charge in [0.15, 0.2) is 0 Å². The van der Waals surface area contributed by atoms with Crippen LogP contribution in [0, 0.1) is 12.7 Å². The maximum absolute atomic E-state index is 14.0. The van der Waals surface area contributed by atoms with Crippen LogP contribution in [0.5, 0.6) is 5.88 Å². The number of unbranched alkanes of at least 4 members (excludes halogenated alkanes) is 1. The summed E-state index contributed by atoms with van der Waals surface area (Å²) in [7, 11) is 0. The van der Waals surface area contributed by atoms with Crippen LogP contribution in [0.3, 0.4) is 0 Å². The molecule has 0 amide bonds. The highest BCUT2D eigenvalue weighted by Gasteiger charge is 2.23. The molecular weight excluding hydrogens is 453 g/mol. The van der Waals surface area contributed by atoms with E-state index in [2.05, 4.69) is 16.9 Å². The van der Waals surface area contributed by atoms with Crippen molar-refractivity contribution in [2.24, 2.45) is 0 Å². The lowest BCUT2D eigenvalue weighted by Crippen LogP contribution is -2.32. The number of rotatable bonds is 9. The Balaban J connectivity index is 1.75. The summed E-state index contributed by atoms with van der Waals surface area (Å²) in [5.41, 5.74) is 4.83. The number of benzene rings is 2. The monoisotopic (exact) mass is 485 g/mol. The van der Waals surface area contributed by atoms with E-state index < -0.39 is 0 Å². The first-order valence-corrected chi connectivity index (χ1v) is 12.5. The molecule has 36 heavy (non-hydrogen) atoms. The molecule has 5 nitrogen and oxygen atoms in total. The minimum absolute atomic E-state index is 0.231. The lowest BCUT2D eigenvalue weighted by Gasteiger charge is -2.23. The zero-order valence-electron chi connectivity index (χ0n) is 21.0. The Bertz CT molecular complexity index is 1400. The predicted molar refractivity (Wildman–Crippen MR) is 141 cm³/mol. The molecule has 6 heteroatoms. The Kier molecular flexibility index (Phi) is 7.93. The Hall–Kier alpha value is -3.80. The quantitative estimate of drug-likeness (QED) is 0.298. The third-order valence-corrected chi connectivity index (χ3v) is 6.61. The molecule has 0 fully saturated rings. The number of pyridine rings is 1. The summed E-state index contributed by atoms with van der Waals surface area (Å²) in [6, 6.07) is 15.9. The first-order chi connectivity index (χ1) is 17.4. The Morgan fingerprint density at radius 3 is 2.53 bits per heavy atom. The average molecular weight is 486 g/mol. The Labute approximate surface area is 211 Å². The Morgan fingerprint density at radius 2 is 1.86 bits per heavy atom. The van der Waals surface area contributed by atoms with Crippen molar-refractivity contribution in [1.29, 1.82) is 0 Å². The van der Waals surface area contributed by atoms with Crippen LogP contribution in [0.4, 0.5) is 4.39 Å². The number of aromatic hydroxyl groups is 1. The fourth-order valence-corrected chi connectivity index (χ4v) is 4.67. The lowest BCUT2D eigenvalue weighted by atomic mass is 9.99. The van der Waals surface area contributed by atoms with E-state index in [1.807, 2.05) is 56.4 Å². The molecule has 2 heterocycles. The van der Waals surface area contributed by atoms with Crippen molar-refractivity contribution in [3.05, 3.63) is 111 Å². The molecule has 1 unspecified atom stereocenters. The molecule has 0 aliphatic carbocycles. The number of halogens is 1. The second-order valence-corrected chi connectivity index (χ2v) is 9.15. The van der Waals surface area contributed by atoms with Gasteiger partial charge < -0.3 is 5.11 Å². The van der Waals surface area contributed by atoms with Crippen molar-refractivity contribution in [3.63, 3.8) is 0 Å². The van der Waals surface area contributed by atoms with Gasteiger partial charge in [0.2, 0.25) is 5.88 Å². The smallest absolute Gasteiger partial charge is 0.261 e. The van der Waals surface area contributed by atoms with E-state index in [0.717, 1.165) is 35.1 Å². The molecule has 0 saturated carbocycles. The standard InChI is InChI=1S/C30H32FN3O2/c1-4-6-10-28-33-29(35)26(30(36)34(28)27(5-2)23-8-7-9-24(31)18-23)17-21-11-13-22(14-12-21)25-15-16-32-19-20(25)3/h7-9,11-16,18-19,27,35H,4-6,10,17H2,1-3H3. The maximum Gasteiger partial charge on any atom is 0.261 e. The van der Waals surface area contributed by atoms with Gasteiger partial charge in [0, 0.05) is 25.2 Å². The van der Waals surface area contributed by atoms with Crippen LogP contribution in [-0.2, 0) is 12.8 Å². The van der Waals surface area contributed by atoms with Gasteiger partial charge in [-0.25, -0.2) is 4.39 Å². The van der Waals surface area contributed by atoms with Gasteiger partial charge >= 0.3 is 0 Å². The third-order valence-electron chi connectivity index (χ3n) is 6.61. The van der Waals surface area contributed by atoms with Gasteiger partial charge in [0.05, 0.1) is 11.6 Å². The van der Waals surface area contributed by atoms with Crippen LogP contribution in [0.25, 0.3) is 11.1 Å². The van der Waals surface area contributed by atoms with Crippen LogP contribution < -0.4 is 5.56 Å². The summed E-state index contributed by atoms with van der Waals surface area (Å²) in [4.78, 5) is 22.5. The van der Waals surface area contributed by atoms with Gasteiger partial charge in [-0.05, 0) is 65.8 Å². The van der Waals surface area contributed by atoms with Crippen LogP contribution in [0.15, 0.2) is 71.8 Å². The summed E-state index contributed by atoms with van der Waals surface area (Å²) >= 11 is 0. The largest absolute Gasteiger partial charge is 0.493 e. The molecule has 0 aliphatic heterocycles. The van der Waals surface area contributed by atoms with Gasteiger partial charge in [-0.1, -0.05) is 56.7 Å². The van der Waals surface area contributed by atoms with E-state index >= 15 is 0 Å². The van der Waals surface area contributed by atoms with Crippen molar-refractivity contribution in [3.8, 4) is 17.0 Å². The second kappa shape index (κ2) is 11.3. The van der Waals surface area contributed by atoms with Gasteiger partial charge in [-0.2, -0.15) is 4.98 Å². The first kappa shape index (κ1) is 25.3. The van der Waals surface area contributed by atoms with E-state index in [-0.39, 0.29) is 35.3 Å². The van der Waals surface area contributed by atoms with Crippen molar-refractivity contribution in [2.45, 2.75) is 58.9 Å². The zero-order valence-corrected chi connectivity index (χ0v) is 21.0. The van der Waals surface area contributed by atoms with E-state index in [9.17, 15) is 14.3 Å². The van der Waals surface area contributed by atoms with Gasteiger partial charge in [0.1, 0.15) is 11.6 Å². The highest BCUT2D eigenvalue weighted by molar-refractivity contribution is 5.66. The molecule has 0 radical (unpaired) electrons. The van der Waals surface area contributed by atoms with Gasteiger partial charge in [-0.15, -0.1) is 0 Å². The number of nitrogens with zero attached hydrogens (tertiary/aromatic N) is 3. The summed E-state index contributed by atoms with van der Waals surface area (Å²) in [5.74, 6) is -0.0428. The molecule has 0 aliphatic rings. The molecule has 4 aromatic rings. The maximum atomic E-state index is 14.0. The number of aromatic nitrogens is 3. The molecule has 0 spiro atoms. The van der Waals surface area contributed by atoms with Crippen LogP contribution in [0.2, 0.25) is 0 Å². The molecule has 1 N–H and O–H groups in total. The Morgan fingerprint density at radius 1 is 1.08 bits per heavy atom. The molecule has 0 saturated heterocycles. The van der Waals surface area contributed by atoms with Crippen LogP contribution in [-0.4, -0.2) is 19.6 Å². The first-order valence-electron chi connectivity index (χ1n) is 12.5. The summed E-state index contributed by atoms with van der Waals surface area (Å²) in [5, 5.41) is 10.8. The molecule has 1 atom stereocenters. The minimum atomic E-state index is -0.371. The van der Waals surface area contributed by atoms with Crippen molar-refractivity contribution < 1.29 is 9.50 Å². The molecule has 2 aromatic heterocycles. The molecule has 186 valence electrons. The van der Waals surface area contributed by atoms with Gasteiger partial charge in [0.25, 0.3) is 5.56 Å². The normalized spacial score (nSPS) is 12.0.